The van der Waals surface area contributed by atoms with E-state index in [1.165, 1.54) is 0 Å². The maximum absolute atomic E-state index is 11.0. The Bertz CT molecular complexity index is 517. The molecule has 0 aromatic rings. The van der Waals surface area contributed by atoms with Crippen LogP contribution in [-0.2, 0) is 0 Å². The summed E-state index contributed by atoms with van der Waals surface area (Å²) in [5, 5.41) is 21.8. The van der Waals surface area contributed by atoms with Crippen LogP contribution in [0.1, 0.15) is 101 Å². The van der Waals surface area contributed by atoms with Gasteiger partial charge in [-0.05, 0) is 83.9 Å². The third kappa shape index (κ3) is 5.40. The molecule has 29 heavy (non-hydrogen) atoms. The molecular weight excluding hydrogens is 356 g/mol. The number of aliphatic hydroxyl groups excluding tert-OH is 2. The molecule has 2 rings (SSSR count). The molecule has 0 saturated heterocycles. The number of rotatable bonds is 5. The van der Waals surface area contributed by atoms with E-state index < -0.39 is 0 Å². The summed E-state index contributed by atoms with van der Waals surface area (Å²) < 4.78 is 0. The molecular formula is C27H52O2. The second kappa shape index (κ2) is 9.19. The van der Waals surface area contributed by atoms with Gasteiger partial charge in [0.25, 0.3) is 0 Å². The molecule has 0 aliphatic heterocycles. The summed E-state index contributed by atoms with van der Waals surface area (Å²) in [5.41, 5.74) is 0.349. The average molecular weight is 409 g/mol. The molecule has 0 amide bonds. The van der Waals surface area contributed by atoms with Gasteiger partial charge in [0, 0.05) is 0 Å². The smallest absolute Gasteiger partial charge is 0.0576 e. The van der Waals surface area contributed by atoms with Crippen LogP contribution < -0.4 is 0 Å². The third-order valence-corrected chi connectivity index (χ3v) is 9.46. The molecule has 0 bridgehead atoms. The average Bonchev–Trinajstić information content (AvgIpc) is 2.57. The fourth-order valence-corrected chi connectivity index (χ4v) is 7.22. The lowest BCUT2D eigenvalue weighted by molar-refractivity contribution is -0.0928. The van der Waals surface area contributed by atoms with Crippen LogP contribution in [0.2, 0.25) is 0 Å². The van der Waals surface area contributed by atoms with Crippen molar-refractivity contribution < 1.29 is 10.2 Å². The lowest BCUT2D eigenvalue weighted by Crippen LogP contribution is -2.49. The van der Waals surface area contributed by atoms with Crippen LogP contribution in [0.4, 0.5) is 0 Å². The molecule has 2 saturated carbocycles. The normalized spacial score (nSPS) is 40.9. The van der Waals surface area contributed by atoms with Crippen LogP contribution in [0, 0.1) is 58.2 Å². The van der Waals surface area contributed by atoms with Gasteiger partial charge in [0.15, 0.2) is 0 Å². The minimum atomic E-state index is -0.161. The standard InChI is InChI=1S/C27H52O2/c1-11-27(9,10)22-15-20(18(5)13-24(22)29)25(16(2)3)19-14-21(26(6,7)8)23(28)12-17(19)4/h16-25,28-29H,11-15H2,1-10H3. The van der Waals surface area contributed by atoms with Gasteiger partial charge in [0.05, 0.1) is 12.2 Å². The Morgan fingerprint density at radius 3 is 1.55 bits per heavy atom. The van der Waals surface area contributed by atoms with E-state index in [-0.39, 0.29) is 23.0 Å². The zero-order chi connectivity index (χ0) is 22.3. The SMILES string of the molecule is CCC(C)(C)C1CC(C(C(C)C)C2CC(C(C)(C)C)C(O)CC2C)C(C)CC1O. The molecule has 0 aromatic heterocycles. The van der Waals surface area contributed by atoms with E-state index in [1.807, 2.05) is 0 Å². The molecule has 9 atom stereocenters. The zero-order valence-corrected chi connectivity index (χ0v) is 21.2. The fourth-order valence-electron chi connectivity index (χ4n) is 7.22. The van der Waals surface area contributed by atoms with Gasteiger partial charge in [-0.1, -0.05) is 75.7 Å². The Morgan fingerprint density at radius 2 is 1.17 bits per heavy atom. The maximum atomic E-state index is 11.0. The van der Waals surface area contributed by atoms with Gasteiger partial charge in [-0.15, -0.1) is 0 Å². The fraction of sp³-hybridized carbons (Fsp3) is 1.00. The first kappa shape index (κ1) is 25.2. The quantitative estimate of drug-likeness (QED) is 0.526. The second-order valence-electron chi connectivity index (χ2n) is 13.1. The highest BCUT2D eigenvalue weighted by Gasteiger charge is 2.49. The number of hydrogen-bond donors (Lipinski definition) is 2. The molecule has 2 aliphatic rings. The molecule has 2 nitrogen and oxygen atoms in total. The molecule has 2 N–H and O–H groups in total. The maximum Gasteiger partial charge on any atom is 0.0576 e. The van der Waals surface area contributed by atoms with Crippen LogP contribution in [0.15, 0.2) is 0 Å². The van der Waals surface area contributed by atoms with Crippen molar-refractivity contribution in [3.05, 3.63) is 0 Å². The lowest BCUT2D eigenvalue weighted by Gasteiger charge is -2.53. The van der Waals surface area contributed by atoms with E-state index in [0.717, 1.165) is 32.1 Å². The van der Waals surface area contributed by atoms with Gasteiger partial charge in [-0.2, -0.15) is 0 Å². The van der Waals surface area contributed by atoms with E-state index in [9.17, 15) is 10.2 Å². The number of hydrogen-bond acceptors (Lipinski definition) is 2. The summed E-state index contributed by atoms with van der Waals surface area (Å²) in [6.07, 6.45) is 5.03. The van der Waals surface area contributed by atoms with Crippen LogP contribution >= 0.6 is 0 Å². The Labute approximate surface area is 182 Å². The summed E-state index contributed by atoms with van der Waals surface area (Å²) in [7, 11) is 0. The molecule has 0 spiro atoms. The highest BCUT2D eigenvalue weighted by Crippen LogP contribution is 2.54. The first-order valence-electron chi connectivity index (χ1n) is 12.6. The van der Waals surface area contributed by atoms with Gasteiger partial charge in [0.2, 0.25) is 0 Å². The van der Waals surface area contributed by atoms with Crippen molar-refractivity contribution in [2.45, 2.75) is 114 Å². The summed E-state index contributed by atoms with van der Waals surface area (Å²) in [4.78, 5) is 0. The first-order valence-corrected chi connectivity index (χ1v) is 12.6. The van der Waals surface area contributed by atoms with Crippen LogP contribution in [-0.4, -0.2) is 22.4 Å². The lowest BCUT2D eigenvalue weighted by atomic mass is 9.53. The van der Waals surface area contributed by atoms with E-state index in [4.69, 9.17) is 0 Å². The first-order chi connectivity index (χ1) is 13.2. The van der Waals surface area contributed by atoms with E-state index in [0.29, 0.717) is 47.3 Å². The van der Waals surface area contributed by atoms with Gasteiger partial charge in [-0.25, -0.2) is 0 Å². The second-order valence-corrected chi connectivity index (χ2v) is 13.1. The number of aliphatic hydroxyl groups is 2. The van der Waals surface area contributed by atoms with Crippen molar-refractivity contribution in [1.82, 2.24) is 0 Å². The minimum absolute atomic E-state index is 0.153. The highest BCUT2D eigenvalue weighted by atomic mass is 16.3. The van der Waals surface area contributed by atoms with Crippen LogP contribution in [0.5, 0.6) is 0 Å². The Hall–Kier alpha value is -0.0800. The van der Waals surface area contributed by atoms with Gasteiger partial charge in [0.1, 0.15) is 0 Å². The Morgan fingerprint density at radius 1 is 0.759 bits per heavy atom. The summed E-state index contributed by atoms with van der Waals surface area (Å²) >= 11 is 0. The van der Waals surface area contributed by atoms with Gasteiger partial charge in [-0.3, -0.25) is 0 Å². The Kier molecular flexibility index (Phi) is 7.98. The zero-order valence-electron chi connectivity index (χ0n) is 21.2. The topological polar surface area (TPSA) is 40.5 Å². The summed E-state index contributed by atoms with van der Waals surface area (Å²) in [5.74, 6) is 4.62. The Balaban J connectivity index is 2.34. The monoisotopic (exact) mass is 408 g/mol. The highest BCUT2D eigenvalue weighted by molar-refractivity contribution is 4.98. The van der Waals surface area contributed by atoms with Crippen molar-refractivity contribution in [3.63, 3.8) is 0 Å². The van der Waals surface area contributed by atoms with Gasteiger partial charge >= 0.3 is 0 Å². The molecule has 2 aliphatic carbocycles. The van der Waals surface area contributed by atoms with E-state index in [2.05, 4.69) is 69.2 Å². The molecule has 9 unspecified atom stereocenters. The van der Waals surface area contributed by atoms with E-state index >= 15 is 0 Å². The van der Waals surface area contributed by atoms with Crippen molar-refractivity contribution in [1.29, 1.82) is 0 Å². The predicted octanol–water partition coefficient (Wildman–Crippen LogP) is 6.79. The molecule has 0 heterocycles. The largest absolute Gasteiger partial charge is 0.393 e. The summed E-state index contributed by atoms with van der Waals surface area (Å²) in [6.45, 7) is 23.5. The predicted molar refractivity (Wildman–Crippen MR) is 125 cm³/mol. The van der Waals surface area contributed by atoms with Crippen LogP contribution in [0.25, 0.3) is 0 Å². The molecule has 2 fully saturated rings. The van der Waals surface area contributed by atoms with Gasteiger partial charge < -0.3 is 10.2 Å². The van der Waals surface area contributed by atoms with Crippen molar-refractivity contribution in [2.75, 3.05) is 0 Å². The van der Waals surface area contributed by atoms with E-state index in [1.54, 1.807) is 0 Å². The van der Waals surface area contributed by atoms with Crippen molar-refractivity contribution in [2.24, 2.45) is 58.2 Å². The third-order valence-electron chi connectivity index (χ3n) is 9.46. The molecule has 172 valence electrons. The molecule has 0 aromatic carbocycles. The minimum Gasteiger partial charge on any atom is -0.393 e. The molecule has 0 radical (unpaired) electrons. The van der Waals surface area contributed by atoms with Crippen molar-refractivity contribution in [3.8, 4) is 0 Å². The van der Waals surface area contributed by atoms with Crippen LogP contribution in [0.3, 0.4) is 0 Å². The summed E-state index contributed by atoms with van der Waals surface area (Å²) in [6, 6.07) is 0. The molecule has 2 heteroatoms. The van der Waals surface area contributed by atoms with Crippen molar-refractivity contribution >= 4 is 0 Å².